The first kappa shape index (κ1) is 29.3. The quantitative estimate of drug-likeness (QED) is 0.212. The highest BCUT2D eigenvalue weighted by atomic mass is 31.1. The molecule has 0 bridgehead atoms. The van der Waals surface area contributed by atoms with Crippen molar-refractivity contribution in [2.45, 2.75) is 79.0 Å². The lowest BCUT2D eigenvalue weighted by Gasteiger charge is -2.18. The first-order valence-corrected chi connectivity index (χ1v) is 11.0. The molecule has 0 radical (unpaired) electrons. The summed E-state index contributed by atoms with van der Waals surface area (Å²) in [5.74, 6) is -3.39. The summed E-state index contributed by atoms with van der Waals surface area (Å²) in [6, 6.07) is 1.72. The van der Waals surface area contributed by atoms with E-state index in [1.807, 2.05) is 20.8 Å². The number of nitrogen functional groups attached to an aromatic ring is 1. The second-order valence-corrected chi connectivity index (χ2v) is 7.90. The Bertz CT molecular complexity index is 507. The second kappa shape index (κ2) is 14.1. The Kier molecular flexibility index (Phi) is 14.7. The summed E-state index contributed by atoms with van der Waals surface area (Å²) in [6.45, 7) is 9.91. The molecular weight excluding hydrogens is 396 g/mol. The molecule has 2 unspecified atom stereocenters. The number of rotatable bonds is 7. The zero-order valence-electron chi connectivity index (χ0n) is 17.7. The van der Waals surface area contributed by atoms with Crippen molar-refractivity contribution in [1.29, 1.82) is 0 Å². The van der Waals surface area contributed by atoms with Gasteiger partial charge in [0.2, 0.25) is 0 Å². The van der Waals surface area contributed by atoms with Gasteiger partial charge in [-0.05, 0) is 56.7 Å². The molecule has 0 saturated carbocycles. The summed E-state index contributed by atoms with van der Waals surface area (Å²) in [4.78, 5) is 0. The monoisotopic (exact) mass is 431 g/mol. The molecule has 2 nitrogen and oxygen atoms in total. The zero-order valence-corrected chi connectivity index (χ0v) is 18.7. The summed E-state index contributed by atoms with van der Waals surface area (Å²) in [5, 5.41) is 8.91. The summed E-state index contributed by atoms with van der Waals surface area (Å²) in [5.41, 5.74) is 2.30. The minimum Gasteiger partial charge on any atom is -0.398 e. The van der Waals surface area contributed by atoms with Gasteiger partial charge in [0, 0.05) is 12.5 Å². The molecule has 166 valence electrons. The molecule has 0 fully saturated rings. The van der Waals surface area contributed by atoms with Crippen molar-refractivity contribution in [3.8, 4) is 0 Å². The molecule has 0 spiro atoms. The van der Waals surface area contributed by atoms with Crippen molar-refractivity contribution in [3.05, 3.63) is 28.8 Å². The number of alkyl halides is 5. The highest BCUT2D eigenvalue weighted by molar-refractivity contribution is 7.37. The number of aliphatic hydroxyl groups is 1. The minimum absolute atomic E-state index is 0.0913. The van der Waals surface area contributed by atoms with Gasteiger partial charge < -0.3 is 10.8 Å². The van der Waals surface area contributed by atoms with Gasteiger partial charge in [-0.1, -0.05) is 27.2 Å². The van der Waals surface area contributed by atoms with Gasteiger partial charge in [-0.3, -0.25) is 0 Å². The van der Waals surface area contributed by atoms with Crippen LogP contribution in [-0.4, -0.2) is 23.5 Å². The Morgan fingerprint density at radius 2 is 1.57 bits per heavy atom. The first-order chi connectivity index (χ1) is 12.8. The average molecular weight is 431 g/mol. The molecule has 1 rings (SSSR count). The van der Waals surface area contributed by atoms with E-state index in [1.165, 1.54) is 32.1 Å². The molecule has 0 saturated heterocycles. The summed E-state index contributed by atoms with van der Waals surface area (Å²) in [6.07, 6.45) is 1.38. The van der Waals surface area contributed by atoms with Crippen LogP contribution in [-0.2, 0) is 12.1 Å². The van der Waals surface area contributed by atoms with E-state index >= 15 is 0 Å². The fourth-order valence-electron chi connectivity index (χ4n) is 2.22. The third-order valence-electron chi connectivity index (χ3n) is 3.50. The molecule has 0 aromatic heterocycles. The zero-order chi connectivity index (χ0) is 22.5. The number of aliphatic hydroxyl groups excluding tert-OH is 1. The fraction of sp³-hybridized carbons (Fsp3) is 0.700. The molecule has 2 atom stereocenters. The van der Waals surface area contributed by atoms with E-state index < -0.39 is 28.9 Å². The standard InChI is InChI=1S/C10H10F5N.C8H19OP.C2H6/c1-5-3-6(9(2,11)12)8(16)7(4-5)10(13,14)15;1-3-6-10-7-4-5-8(2)9;1-2/h3-4H,16H2,1-2H3;8-10H,3-7H2,1-2H3;1-2H3. The van der Waals surface area contributed by atoms with E-state index in [9.17, 15) is 22.0 Å². The van der Waals surface area contributed by atoms with Gasteiger partial charge in [0.05, 0.1) is 17.4 Å². The molecule has 0 aliphatic rings. The van der Waals surface area contributed by atoms with Crippen molar-refractivity contribution in [2.24, 2.45) is 0 Å². The van der Waals surface area contributed by atoms with Gasteiger partial charge in [-0.15, -0.1) is 8.58 Å². The molecule has 0 heterocycles. The first-order valence-electron chi connectivity index (χ1n) is 9.55. The van der Waals surface area contributed by atoms with Crippen LogP contribution >= 0.6 is 8.58 Å². The SMILES string of the molecule is CC.CCCPCCCC(C)O.Cc1cc(C(C)(F)F)c(N)c(C(F)(F)F)c1. The number of hydrogen-bond acceptors (Lipinski definition) is 2. The van der Waals surface area contributed by atoms with E-state index in [4.69, 9.17) is 10.8 Å². The fourth-order valence-corrected chi connectivity index (χ4v) is 3.28. The largest absolute Gasteiger partial charge is 0.418 e. The predicted octanol–water partition coefficient (Wildman–Crippen LogP) is 6.97. The van der Waals surface area contributed by atoms with Crippen LogP contribution in [0.15, 0.2) is 12.1 Å². The van der Waals surface area contributed by atoms with Gasteiger partial charge in [-0.2, -0.15) is 13.2 Å². The molecule has 3 N–H and O–H groups in total. The van der Waals surface area contributed by atoms with Crippen LogP contribution in [0.4, 0.5) is 27.6 Å². The smallest absolute Gasteiger partial charge is 0.398 e. The Hall–Kier alpha value is -0.940. The molecule has 0 aliphatic heterocycles. The van der Waals surface area contributed by atoms with Crippen LogP contribution in [0.2, 0.25) is 0 Å². The van der Waals surface area contributed by atoms with Crippen LogP contribution in [0.25, 0.3) is 0 Å². The second-order valence-electron chi connectivity index (χ2n) is 6.40. The van der Waals surface area contributed by atoms with Gasteiger partial charge in [0.1, 0.15) is 0 Å². The number of nitrogens with two attached hydrogens (primary N) is 1. The maximum Gasteiger partial charge on any atom is 0.418 e. The third-order valence-corrected chi connectivity index (χ3v) is 5.07. The van der Waals surface area contributed by atoms with Crippen LogP contribution in [0, 0.1) is 6.92 Å². The number of anilines is 1. The Morgan fingerprint density at radius 1 is 1.07 bits per heavy atom. The average Bonchev–Trinajstić information content (AvgIpc) is 2.56. The molecule has 1 aromatic rings. The normalized spacial score (nSPS) is 12.9. The Labute approximate surface area is 167 Å². The van der Waals surface area contributed by atoms with Crippen LogP contribution in [0.5, 0.6) is 0 Å². The summed E-state index contributed by atoms with van der Waals surface area (Å²) < 4.78 is 63.4. The van der Waals surface area contributed by atoms with Crippen LogP contribution < -0.4 is 5.73 Å². The van der Waals surface area contributed by atoms with Gasteiger partial charge in [0.25, 0.3) is 5.92 Å². The van der Waals surface area contributed by atoms with E-state index in [1.54, 1.807) is 0 Å². The van der Waals surface area contributed by atoms with Crippen molar-refractivity contribution >= 4 is 14.3 Å². The molecule has 0 amide bonds. The third kappa shape index (κ3) is 12.5. The molecular formula is C20H35F5NOP. The number of halogens is 5. The van der Waals surface area contributed by atoms with E-state index in [0.717, 1.165) is 27.1 Å². The molecule has 8 heteroatoms. The molecule has 1 aromatic carbocycles. The van der Waals surface area contributed by atoms with E-state index in [0.29, 0.717) is 6.92 Å². The highest BCUT2D eigenvalue weighted by Crippen LogP contribution is 2.40. The predicted molar refractivity (Wildman–Crippen MR) is 111 cm³/mol. The summed E-state index contributed by atoms with van der Waals surface area (Å²) >= 11 is 0. The lowest BCUT2D eigenvalue weighted by atomic mass is 9.99. The van der Waals surface area contributed by atoms with Crippen molar-refractivity contribution in [3.63, 3.8) is 0 Å². The van der Waals surface area contributed by atoms with Crippen LogP contribution in [0.1, 0.15) is 70.6 Å². The van der Waals surface area contributed by atoms with E-state index in [2.05, 4.69) is 6.92 Å². The van der Waals surface area contributed by atoms with Crippen molar-refractivity contribution < 1.29 is 27.1 Å². The van der Waals surface area contributed by atoms with Crippen molar-refractivity contribution in [1.82, 2.24) is 0 Å². The minimum atomic E-state index is -4.73. The summed E-state index contributed by atoms with van der Waals surface area (Å²) in [7, 11) is 1.12. The van der Waals surface area contributed by atoms with Crippen LogP contribution in [0.3, 0.4) is 0 Å². The molecule has 28 heavy (non-hydrogen) atoms. The Balaban J connectivity index is 0. The van der Waals surface area contributed by atoms with Crippen molar-refractivity contribution in [2.75, 3.05) is 18.1 Å². The topological polar surface area (TPSA) is 46.2 Å². The number of benzene rings is 1. The van der Waals surface area contributed by atoms with E-state index in [-0.39, 0.29) is 11.7 Å². The molecule has 0 aliphatic carbocycles. The lowest BCUT2D eigenvalue weighted by molar-refractivity contribution is -0.137. The number of aryl methyl sites for hydroxylation is 1. The highest BCUT2D eigenvalue weighted by Gasteiger charge is 2.37. The van der Waals surface area contributed by atoms with Gasteiger partial charge in [0.15, 0.2) is 0 Å². The maximum atomic E-state index is 13.0. The lowest BCUT2D eigenvalue weighted by Crippen LogP contribution is -2.17. The Morgan fingerprint density at radius 3 is 1.96 bits per heavy atom. The van der Waals surface area contributed by atoms with Gasteiger partial charge in [-0.25, -0.2) is 8.78 Å². The number of hydrogen-bond donors (Lipinski definition) is 2. The van der Waals surface area contributed by atoms with Gasteiger partial charge >= 0.3 is 6.18 Å². The maximum absolute atomic E-state index is 13.0.